The zero-order valence-corrected chi connectivity index (χ0v) is 17.1. The summed E-state index contributed by atoms with van der Waals surface area (Å²) in [6.07, 6.45) is -0.261. The van der Waals surface area contributed by atoms with Crippen LogP contribution >= 0.6 is 23.2 Å². The highest BCUT2D eigenvalue weighted by Crippen LogP contribution is 2.34. The number of carbonyl (C=O) groups excluding carboxylic acids is 1. The number of hydrogen-bond donors (Lipinski definition) is 2. The van der Waals surface area contributed by atoms with Gasteiger partial charge in [-0.05, 0) is 42.3 Å². The van der Waals surface area contributed by atoms with E-state index in [9.17, 15) is 9.18 Å². The average Bonchev–Trinajstić information content (AvgIpc) is 3.12. The van der Waals surface area contributed by atoms with Crippen LogP contribution in [0.25, 0.3) is 22.4 Å². The van der Waals surface area contributed by atoms with Gasteiger partial charge in [0.1, 0.15) is 17.4 Å². The van der Waals surface area contributed by atoms with Crippen LogP contribution in [0.3, 0.4) is 0 Å². The Balaban J connectivity index is 1.43. The van der Waals surface area contributed by atoms with Gasteiger partial charge in [-0.25, -0.2) is 14.2 Å². The Morgan fingerprint density at radius 2 is 1.83 bits per heavy atom. The van der Waals surface area contributed by atoms with Crippen molar-refractivity contribution in [1.82, 2.24) is 15.3 Å². The minimum absolute atomic E-state index is 0.251. The summed E-state index contributed by atoms with van der Waals surface area (Å²) in [7, 11) is 0. The lowest BCUT2D eigenvalue weighted by atomic mass is 10.1. The third-order valence-corrected chi connectivity index (χ3v) is 5.11. The van der Waals surface area contributed by atoms with Gasteiger partial charge in [0, 0.05) is 12.6 Å². The van der Waals surface area contributed by atoms with E-state index in [0.717, 1.165) is 0 Å². The number of rotatable bonds is 5. The molecule has 4 rings (SSSR count). The van der Waals surface area contributed by atoms with Crippen LogP contribution < -0.4 is 10.1 Å². The van der Waals surface area contributed by atoms with Gasteiger partial charge in [0.15, 0.2) is 0 Å². The highest BCUT2D eigenvalue weighted by Gasteiger charge is 2.14. The topological polar surface area (TPSA) is 67.0 Å². The molecule has 1 aromatic heterocycles. The molecule has 5 nitrogen and oxygen atoms in total. The number of fused-ring (bicyclic) bond motifs is 1. The third kappa shape index (κ3) is 4.40. The molecule has 0 aliphatic carbocycles. The number of H-pyrrole nitrogens is 1. The first kappa shape index (κ1) is 20.2. The second-order valence-corrected chi connectivity index (χ2v) is 7.33. The van der Waals surface area contributed by atoms with Crippen molar-refractivity contribution in [1.29, 1.82) is 0 Å². The van der Waals surface area contributed by atoms with Gasteiger partial charge in [0.25, 0.3) is 0 Å². The Labute approximate surface area is 181 Å². The smallest absolute Gasteiger partial charge is 0.410 e. The van der Waals surface area contributed by atoms with Gasteiger partial charge in [-0.15, -0.1) is 0 Å². The van der Waals surface area contributed by atoms with Crippen molar-refractivity contribution in [2.45, 2.75) is 6.42 Å². The number of halogens is 3. The first-order valence-corrected chi connectivity index (χ1v) is 9.90. The molecule has 3 aromatic carbocycles. The molecule has 0 fully saturated rings. The second kappa shape index (κ2) is 8.73. The van der Waals surface area contributed by atoms with Crippen LogP contribution in [0, 0.1) is 5.82 Å². The number of hydrogen-bond acceptors (Lipinski definition) is 3. The molecule has 0 aliphatic heterocycles. The molecular formula is C22H16Cl2FN3O2. The van der Waals surface area contributed by atoms with Crippen LogP contribution in [0.1, 0.15) is 5.56 Å². The summed E-state index contributed by atoms with van der Waals surface area (Å²) in [6.45, 7) is 0.251. The quantitative estimate of drug-likeness (QED) is 0.396. The Morgan fingerprint density at radius 3 is 2.60 bits per heavy atom. The van der Waals surface area contributed by atoms with Crippen LogP contribution in [0.5, 0.6) is 5.75 Å². The maximum absolute atomic E-state index is 13.6. The molecule has 0 radical (unpaired) electrons. The lowest BCUT2D eigenvalue weighted by molar-refractivity contribution is 0.200. The highest BCUT2D eigenvalue weighted by atomic mass is 35.5. The molecule has 1 amide bonds. The van der Waals surface area contributed by atoms with E-state index in [1.807, 2.05) is 0 Å². The standard InChI is InChI=1S/C22H16Cl2FN3O2/c23-15-5-3-6-16(24)20(15)21-27-18-9-8-14(12-19(18)28-21)30-22(29)26-11-10-13-4-1-2-7-17(13)25/h1-9,12H,10-11H2,(H,26,29)(H,27,28). The van der Waals surface area contributed by atoms with E-state index in [2.05, 4.69) is 15.3 Å². The maximum atomic E-state index is 13.6. The summed E-state index contributed by atoms with van der Waals surface area (Å²) in [5.41, 5.74) is 2.47. The fourth-order valence-electron chi connectivity index (χ4n) is 3.04. The molecule has 0 aliphatic rings. The Hall–Kier alpha value is -3.09. The van der Waals surface area contributed by atoms with Crippen molar-refractivity contribution < 1.29 is 13.9 Å². The number of imidazole rings is 1. The molecule has 8 heteroatoms. The fourth-order valence-corrected chi connectivity index (χ4v) is 3.61. The number of carbonyl (C=O) groups is 1. The summed E-state index contributed by atoms with van der Waals surface area (Å²) in [5, 5.41) is 3.57. The summed E-state index contributed by atoms with van der Waals surface area (Å²) in [6, 6.07) is 16.7. The monoisotopic (exact) mass is 443 g/mol. The van der Waals surface area contributed by atoms with E-state index in [-0.39, 0.29) is 12.4 Å². The zero-order valence-electron chi connectivity index (χ0n) is 15.6. The van der Waals surface area contributed by atoms with Gasteiger partial charge in [0.05, 0.1) is 26.6 Å². The SMILES string of the molecule is O=C(NCCc1ccccc1F)Oc1ccc2nc(-c3c(Cl)cccc3Cl)[nH]c2c1. The van der Waals surface area contributed by atoms with Crippen LogP contribution in [0.2, 0.25) is 10.0 Å². The van der Waals surface area contributed by atoms with Gasteiger partial charge in [-0.2, -0.15) is 0 Å². The summed E-state index contributed by atoms with van der Waals surface area (Å²) < 4.78 is 18.9. The third-order valence-electron chi connectivity index (χ3n) is 4.48. The van der Waals surface area contributed by atoms with Gasteiger partial charge >= 0.3 is 6.09 Å². The normalized spacial score (nSPS) is 10.9. The van der Waals surface area contributed by atoms with Crippen LogP contribution in [-0.2, 0) is 6.42 Å². The average molecular weight is 444 g/mol. The van der Waals surface area contributed by atoms with Crippen molar-refractivity contribution in [2.75, 3.05) is 6.54 Å². The minimum Gasteiger partial charge on any atom is -0.410 e. The van der Waals surface area contributed by atoms with Gasteiger partial charge < -0.3 is 15.0 Å². The molecule has 4 aromatic rings. The number of ether oxygens (including phenoxy) is 1. The van der Waals surface area contributed by atoms with Crippen molar-refractivity contribution in [2.24, 2.45) is 0 Å². The molecule has 1 heterocycles. The molecule has 2 N–H and O–H groups in total. The van der Waals surface area contributed by atoms with E-state index >= 15 is 0 Å². The van der Waals surface area contributed by atoms with Gasteiger partial charge in [-0.3, -0.25) is 0 Å². The van der Waals surface area contributed by atoms with Gasteiger partial charge in [0.2, 0.25) is 0 Å². The number of benzene rings is 3. The Bertz CT molecular complexity index is 1210. The van der Waals surface area contributed by atoms with Crippen molar-refractivity contribution in [3.8, 4) is 17.1 Å². The predicted octanol–water partition coefficient (Wildman–Crippen LogP) is 6.01. The largest absolute Gasteiger partial charge is 0.412 e. The van der Waals surface area contributed by atoms with Crippen molar-refractivity contribution in [3.05, 3.63) is 82.1 Å². The van der Waals surface area contributed by atoms with E-state index in [1.165, 1.54) is 6.07 Å². The molecule has 30 heavy (non-hydrogen) atoms. The van der Waals surface area contributed by atoms with E-state index in [4.69, 9.17) is 27.9 Å². The number of aromatic amines is 1. The molecule has 0 unspecified atom stereocenters. The number of nitrogens with one attached hydrogen (secondary N) is 2. The molecule has 0 saturated carbocycles. The summed E-state index contributed by atoms with van der Waals surface area (Å²) in [5.74, 6) is 0.560. The second-order valence-electron chi connectivity index (χ2n) is 6.52. The number of aromatic nitrogens is 2. The molecule has 0 saturated heterocycles. The van der Waals surface area contributed by atoms with Crippen LogP contribution in [-0.4, -0.2) is 22.6 Å². The van der Waals surface area contributed by atoms with Crippen molar-refractivity contribution in [3.63, 3.8) is 0 Å². The summed E-state index contributed by atoms with van der Waals surface area (Å²) in [4.78, 5) is 19.7. The van der Waals surface area contributed by atoms with Crippen LogP contribution in [0.15, 0.2) is 60.7 Å². The van der Waals surface area contributed by atoms with Gasteiger partial charge in [-0.1, -0.05) is 47.5 Å². The molecule has 0 bridgehead atoms. The highest BCUT2D eigenvalue weighted by molar-refractivity contribution is 6.39. The Morgan fingerprint density at radius 1 is 1.07 bits per heavy atom. The zero-order chi connectivity index (χ0) is 21.1. The van der Waals surface area contributed by atoms with Crippen molar-refractivity contribution >= 4 is 40.3 Å². The maximum Gasteiger partial charge on any atom is 0.412 e. The number of nitrogens with zero attached hydrogens (tertiary/aromatic N) is 1. The van der Waals surface area contributed by atoms with E-state index in [0.29, 0.717) is 50.2 Å². The lowest BCUT2D eigenvalue weighted by Crippen LogP contribution is -2.28. The van der Waals surface area contributed by atoms with E-state index in [1.54, 1.807) is 54.6 Å². The molecule has 152 valence electrons. The predicted molar refractivity (Wildman–Crippen MR) is 116 cm³/mol. The molecule has 0 spiro atoms. The molecular weight excluding hydrogens is 428 g/mol. The molecule has 0 atom stereocenters. The minimum atomic E-state index is -0.625. The first-order valence-electron chi connectivity index (χ1n) is 9.14. The summed E-state index contributed by atoms with van der Waals surface area (Å²) >= 11 is 12.5. The van der Waals surface area contributed by atoms with Crippen LogP contribution in [0.4, 0.5) is 9.18 Å². The Kier molecular flexibility index (Phi) is 5.88. The van der Waals surface area contributed by atoms with E-state index < -0.39 is 6.09 Å². The fraction of sp³-hybridized carbons (Fsp3) is 0.0909. The first-order chi connectivity index (χ1) is 14.5. The lowest BCUT2D eigenvalue weighted by Gasteiger charge is -2.07. The number of amides is 1.